The number of carbonyl (C=O) groups excluding carboxylic acids is 1. The Bertz CT molecular complexity index is 1170. The smallest absolute Gasteiger partial charge is 0.244 e. The van der Waals surface area contributed by atoms with Gasteiger partial charge in [-0.1, -0.05) is 22.0 Å². The summed E-state index contributed by atoms with van der Waals surface area (Å²) >= 11 is 3.37. The molecule has 3 aliphatic rings. The monoisotopic (exact) mass is 520 g/mol. The number of piperazine rings is 1. The Labute approximate surface area is 196 Å². The van der Waals surface area contributed by atoms with Crippen molar-refractivity contribution in [3.63, 3.8) is 0 Å². The summed E-state index contributed by atoms with van der Waals surface area (Å²) in [5.41, 5.74) is 1.94. The van der Waals surface area contributed by atoms with Gasteiger partial charge in [0.15, 0.2) is 0 Å². The molecule has 2 fully saturated rings. The van der Waals surface area contributed by atoms with Gasteiger partial charge >= 0.3 is 0 Å². The van der Waals surface area contributed by atoms with Crippen molar-refractivity contribution in [1.29, 1.82) is 0 Å². The van der Waals surface area contributed by atoms with E-state index < -0.39 is 16.1 Å². The number of piperidine rings is 1. The van der Waals surface area contributed by atoms with E-state index in [0.29, 0.717) is 41.8 Å². The fourth-order valence-electron chi connectivity index (χ4n) is 5.49. The second kappa shape index (κ2) is 8.04. The van der Waals surface area contributed by atoms with Gasteiger partial charge in [-0.15, -0.1) is 0 Å². The van der Waals surface area contributed by atoms with Gasteiger partial charge in [-0.25, -0.2) is 8.42 Å². The van der Waals surface area contributed by atoms with E-state index in [9.17, 15) is 13.2 Å². The number of methoxy groups -OCH3 is 2. The number of carbonyl (C=O) groups is 1. The van der Waals surface area contributed by atoms with Crippen molar-refractivity contribution in [1.82, 2.24) is 9.21 Å². The van der Waals surface area contributed by atoms with Crippen LogP contribution in [0.5, 0.6) is 11.5 Å². The van der Waals surface area contributed by atoms with E-state index in [1.807, 2.05) is 17.0 Å². The van der Waals surface area contributed by atoms with Crippen molar-refractivity contribution in [2.24, 2.45) is 0 Å². The Morgan fingerprint density at radius 2 is 1.91 bits per heavy atom. The van der Waals surface area contributed by atoms with Gasteiger partial charge in [-0.05, 0) is 55.5 Å². The first-order chi connectivity index (χ1) is 15.4. The minimum atomic E-state index is -3.87. The maximum Gasteiger partial charge on any atom is 0.244 e. The molecule has 0 radical (unpaired) electrons. The zero-order chi connectivity index (χ0) is 22.6. The first-order valence-electron chi connectivity index (χ1n) is 10.7. The van der Waals surface area contributed by atoms with E-state index in [2.05, 4.69) is 15.9 Å². The molecular formula is C23H25BrN2O5S. The molecule has 3 aliphatic heterocycles. The summed E-state index contributed by atoms with van der Waals surface area (Å²) in [7, 11) is -0.667. The van der Waals surface area contributed by atoms with Crippen LogP contribution in [-0.4, -0.2) is 56.4 Å². The number of rotatable bonds is 4. The first kappa shape index (κ1) is 21.7. The van der Waals surface area contributed by atoms with Gasteiger partial charge < -0.3 is 14.4 Å². The Kier molecular flexibility index (Phi) is 5.46. The number of hydrogen-bond donors (Lipinski definition) is 0. The maximum absolute atomic E-state index is 13.8. The molecule has 1 amide bonds. The predicted octanol–water partition coefficient (Wildman–Crippen LogP) is 3.52. The largest absolute Gasteiger partial charge is 0.497 e. The van der Waals surface area contributed by atoms with Crippen molar-refractivity contribution in [2.75, 3.05) is 20.8 Å². The fraction of sp³-hybridized carbons (Fsp3) is 0.435. The Hall–Kier alpha value is -2.10. The summed E-state index contributed by atoms with van der Waals surface area (Å²) in [5, 5.41) is 0. The minimum Gasteiger partial charge on any atom is -0.497 e. The summed E-state index contributed by atoms with van der Waals surface area (Å²) in [5.74, 6) is 1.20. The van der Waals surface area contributed by atoms with Crippen molar-refractivity contribution in [3.05, 3.63) is 52.0 Å². The average molecular weight is 521 g/mol. The molecule has 3 unspecified atom stereocenters. The van der Waals surface area contributed by atoms with Crippen LogP contribution in [0.15, 0.2) is 45.8 Å². The molecule has 2 saturated heterocycles. The van der Waals surface area contributed by atoms with Gasteiger partial charge in [-0.3, -0.25) is 4.79 Å². The van der Waals surface area contributed by atoms with Crippen LogP contribution >= 0.6 is 15.9 Å². The van der Waals surface area contributed by atoms with E-state index in [0.717, 1.165) is 17.5 Å². The molecule has 3 atom stereocenters. The number of nitrogens with zero attached hydrogens (tertiary/aromatic N) is 2. The maximum atomic E-state index is 13.8. The first-order valence-corrected chi connectivity index (χ1v) is 12.9. The topological polar surface area (TPSA) is 76.2 Å². The fourth-order valence-corrected chi connectivity index (χ4v) is 7.92. The van der Waals surface area contributed by atoms with E-state index in [1.54, 1.807) is 38.5 Å². The minimum absolute atomic E-state index is 0.118. The lowest BCUT2D eigenvalue weighted by Crippen LogP contribution is -2.67. The summed E-state index contributed by atoms with van der Waals surface area (Å²) in [6.45, 7) is 0.560. The van der Waals surface area contributed by atoms with Crippen LogP contribution in [-0.2, 0) is 21.2 Å². The molecule has 2 aromatic carbocycles. The third-order valence-corrected chi connectivity index (χ3v) is 9.25. The Morgan fingerprint density at radius 3 is 2.62 bits per heavy atom. The molecule has 0 saturated carbocycles. The average Bonchev–Trinajstić information content (AvgIpc) is 2.80. The van der Waals surface area contributed by atoms with Gasteiger partial charge in [-0.2, -0.15) is 4.31 Å². The molecule has 32 heavy (non-hydrogen) atoms. The summed E-state index contributed by atoms with van der Waals surface area (Å²) in [6, 6.07) is 9.07. The van der Waals surface area contributed by atoms with E-state index in [-0.39, 0.29) is 22.9 Å². The van der Waals surface area contributed by atoms with Crippen LogP contribution in [0.1, 0.15) is 36.4 Å². The van der Waals surface area contributed by atoms with Gasteiger partial charge in [0.1, 0.15) is 17.5 Å². The summed E-state index contributed by atoms with van der Waals surface area (Å²) in [4.78, 5) is 15.7. The van der Waals surface area contributed by atoms with Gasteiger partial charge in [0, 0.05) is 22.6 Å². The molecule has 0 spiro atoms. The molecule has 0 aliphatic carbocycles. The van der Waals surface area contributed by atoms with Crippen LogP contribution in [0, 0.1) is 0 Å². The number of ether oxygens (including phenoxy) is 2. The molecule has 3 heterocycles. The van der Waals surface area contributed by atoms with Gasteiger partial charge in [0.2, 0.25) is 15.9 Å². The molecule has 0 N–H and O–H groups in total. The molecule has 170 valence electrons. The third kappa shape index (κ3) is 3.24. The number of benzene rings is 2. The van der Waals surface area contributed by atoms with Crippen molar-refractivity contribution >= 4 is 31.9 Å². The lowest BCUT2D eigenvalue weighted by atomic mass is 9.79. The predicted molar refractivity (Wildman–Crippen MR) is 122 cm³/mol. The Balaban J connectivity index is 1.67. The number of halogens is 1. The standard InChI is InChI=1S/C23H25BrN2O5S/c1-30-16-11-14-9-10-25-22(21(14)20(13-16)31-2)18-7-4-8-19(23(25)27)26(18)32(28,29)17-6-3-5-15(24)12-17/h3,5-6,11-13,18-19,22H,4,7-10H2,1-2H3. The van der Waals surface area contributed by atoms with Crippen LogP contribution in [0.4, 0.5) is 0 Å². The quantitative estimate of drug-likeness (QED) is 0.616. The highest BCUT2D eigenvalue weighted by atomic mass is 79.9. The van der Waals surface area contributed by atoms with E-state index >= 15 is 0 Å². The molecule has 2 bridgehead atoms. The second-order valence-electron chi connectivity index (χ2n) is 8.44. The van der Waals surface area contributed by atoms with Crippen LogP contribution in [0.3, 0.4) is 0 Å². The molecule has 9 heteroatoms. The van der Waals surface area contributed by atoms with E-state index in [1.165, 1.54) is 4.31 Å². The lowest BCUT2D eigenvalue weighted by Gasteiger charge is -2.54. The molecular weight excluding hydrogens is 496 g/mol. The van der Waals surface area contributed by atoms with Crippen LogP contribution in [0.25, 0.3) is 0 Å². The molecule has 7 nitrogen and oxygen atoms in total. The molecule has 5 rings (SSSR count). The van der Waals surface area contributed by atoms with Crippen molar-refractivity contribution in [2.45, 2.75) is 48.7 Å². The number of sulfonamides is 1. The van der Waals surface area contributed by atoms with Crippen LogP contribution < -0.4 is 9.47 Å². The lowest BCUT2D eigenvalue weighted by molar-refractivity contribution is -0.150. The number of hydrogen-bond acceptors (Lipinski definition) is 5. The highest BCUT2D eigenvalue weighted by molar-refractivity contribution is 9.10. The normalized spacial score (nSPS) is 25.2. The Morgan fingerprint density at radius 1 is 1.09 bits per heavy atom. The zero-order valence-electron chi connectivity index (χ0n) is 18.0. The zero-order valence-corrected chi connectivity index (χ0v) is 20.4. The second-order valence-corrected chi connectivity index (χ2v) is 11.2. The van der Waals surface area contributed by atoms with Gasteiger partial charge in [0.25, 0.3) is 0 Å². The number of fused-ring (bicyclic) bond motifs is 6. The number of amides is 1. The van der Waals surface area contributed by atoms with E-state index in [4.69, 9.17) is 9.47 Å². The highest BCUT2D eigenvalue weighted by Crippen LogP contribution is 2.49. The molecule has 0 aromatic heterocycles. The SMILES string of the molecule is COc1cc2c(c(OC)c1)C1C3CCCC(C(=O)N1CC2)N3S(=O)(=O)c1cccc(Br)c1. The highest BCUT2D eigenvalue weighted by Gasteiger charge is 2.55. The van der Waals surface area contributed by atoms with Gasteiger partial charge in [0.05, 0.1) is 31.2 Å². The molecule has 2 aromatic rings. The summed E-state index contributed by atoms with van der Waals surface area (Å²) in [6.07, 6.45) is 2.72. The summed E-state index contributed by atoms with van der Waals surface area (Å²) < 4.78 is 41.0. The van der Waals surface area contributed by atoms with Crippen molar-refractivity contribution in [3.8, 4) is 11.5 Å². The third-order valence-electron chi connectivity index (χ3n) is 6.83. The van der Waals surface area contributed by atoms with Crippen LogP contribution in [0.2, 0.25) is 0 Å². The van der Waals surface area contributed by atoms with Crippen molar-refractivity contribution < 1.29 is 22.7 Å².